The highest BCUT2D eigenvalue weighted by Crippen LogP contribution is 2.63. The summed E-state index contributed by atoms with van der Waals surface area (Å²) < 4.78 is 0. The Balaban J connectivity index is 0.00000484. The minimum absolute atomic E-state index is 0. The topological polar surface area (TPSA) is 0 Å². The van der Waals surface area contributed by atoms with Crippen LogP contribution in [0.25, 0.3) is 0 Å². The maximum absolute atomic E-state index is 6.00. The molecule has 134 valence electrons. The molecule has 0 radical (unpaired) electrons. The summed E-state index contributed by atoms with van der Waals surface area (Å²) in [4.78, 5) is 1.39. The number of hydrogen-bond acceptors (Lipinski definition) is 1. The molecule has 0 saturated carbocycles. The van der Waals surface area contributed by atoms with Crippen molar-refractivity contribution in [2.24, 2.45) is 0 Å². The first-order valence-corrected chi connectivity index (χ1v) is 12.8. The van der Waals surface area contributed by atoms with E-state index in [0.29, 0.717) is 0 Å². The van der Waals surface area contributed by atoms with Crippen LogP contribution in [0.15, 0.2) is 29.2 Å². The monoisotopic (exact) mass is 394 g/mol. The number of rotatable bonds is 12. The van der Waals surface area contributed by atoms with Crippen molar-refractivity contribution in [1.82, 2.24) is 0 Å². The zero-order chi connectivity index (χ0) is 16.3. The van der Waals surface area contributed by atoms with E-state index in [1.807, 2.05) is 12.1 Å². The molecular formula is C19H33Cl2PS. The van der Waals surface area contributed by atoms with Crippen LogP contribution in [0, 0.1) is 0 Å². The van der Waals surface area contributed by atoms with Crippen molar-refractivity contribution in [1.29, 1.82) is 0 Å². The minimum atomic E-state index is -0.793. The van der Waals surface area contributed by atoms with Gasteiger partial charge in [0.1, 0.15) is 5.49 Å². The third kappa shape index (κ3) is 9.59. The second-order valence-corrected chi connectivity index (χ2v) is 12.6. The van der Waals surface area contributed by atoms with E-state index in [0.717, 1.165) is 5.02 Å². The Morgan fingerprint density at radius 3 is 1.65 bits per heavy atom. The molecular weight excluding hydrogens is 362 g/mol. The van der Waals surface area contributed by atoms with Crippen LogP contribution in [-0.4, -0.2) is 24.0 Å². The van der Waals surface area contributed by atoms with E-state index in [-0.39, 0.29) is 12.4 Å². The van der Waals surface area contributed by atoms with E-state index in [9.17, 15) is 0 Å². The largest absolute Gasteiger partial charge is 1.00 e. The highest BCUT2D eigenvalue weighted by atomic mass is 35.5. The first-order chi connectivity index (χ1) is 10.7. The smallest absolute Gasteiger partial charge is 0.109 e. The summed E-state index contributed by atoms with van der Waals surface area (Å²) in [5.74, 6) is 0. The van der Waals surface area contributed by atoms with Crippen LogP contribution in [0.4, 0.5) is 0 Å². The van der Waals surface area contributed by atoms with E-state index in [1.54, 1.807) is 0 Å². The van der Waals surface area contributed by atoms with Crippen molar-refractivity contribution in [2.45, 2.75) is 64.2 Å². The maximum atomic E-state index is 6.00. The molecule has 0 fully saturated rings. The molecule has 4 heteroatoms. The lowest BCUT2D eigenvalue weighted by atomic mass is 10.4. The average molecular weight is 395 g/mol. The van der Waals surface area contributed by atoms with Gasteiger partial charge in [0, 0.05) is 17.2 Å². The van der Waals surface area contributed by atoms with Gasteiger partial charge in [0.2, 0.25) is 0 Å². The summed E-state index contributed by atoms with van der Waals surface area (Å²) in [5.41, 5.74) is 1.37. The van der Waals surface area contributed by atoms with Gasteiger partial charge in [-0.15, -0.1) is 0 Å². The molecule has 0 N–H and O–H groups in total. The molecule has 1 aromatic rings. The summed E-state index contributed by atoms with van der Waals surface area (Å²) in [5, 5.41) is 0.841. The van der Waals surface area contributed by atoms with Crippen LogP contribution in [0.3, 0.4) is 0 Å². The molecule has 0 amide bonds. The first-order valence-electron chi connectivity index (χ1n) is 8.89. The number of unbranched alkanes of at least 4 members (excludes halogenated alkanes) is 3. The van der Waals surface area contributed by atoms with Crippen molar-refractivity contribution in [3.05, 3.63) is 29.3 Å². The Hall–Kier alpha value is 0.580. The molecule has 0 spiro atoms. The summed E-state index contributed by atoms with van der Waals surface area (Å²) in [6.45, 7) is 7.00. The van der Waals surface area contributed by atoms with Gasteiger partial charge in [0.25, 0.3) is 0 Å². The van der Waals surface area contributed by atoms with Crippen LogP contribution >= 0.6 is 30.6 Å². The number of hydrogen-bond donors (Lipinski definition) is 0. The van der Waals surface area contributed by atoms with Gasteiger partial charge in [-0.2, -0.15) is 0 Å². The Morgan fingerprint density at radius 1 is 0.826 bits per heavy atom. The molecule has 0 unspecified atom stereocenters. The lowest BCUT2D eigenvalue weighted by molar-refractivity contribution is -0.00000475. The van der Waals surface area contributed by atoms with Gasteiger partial charge in [0.15, 0.2) is 0 Å². The predicted octanol–water partition coefficient (Wildman–Crippen LogP) is 4.81. The fourth-order valence-corrected chi connectivity index (χ4v) is 10.1. The standard InChI is InChI=1S/C19H33ClPS.ClH/c1-4-7-14-21(15-8-5-2,16-9-6-3)17-22-19-12-10-18(20)11-13-19;/h10-13H,4-9,14-17H2,1-3H3;1H/q+1;/p-1. The normalized spacial score (nSPS) is 11.3. The van der Waals surface area contributed by atoms with Crippen molar-refractivity contribution in [2.75, 3.05) is 24.0 Å². The SMILES string of the molecule is CCCC[P+](CCCC)(CCCC)CSc1ccc(Cl)cc1.[Cl-]. The van der Waals surface area contributed by atoms with E-state index >= 15 is 0 Å². The zero-order valence-corrected chi connectivity index (χ0v) is 18.2. The summed E-state index contributed by atoms with van der Waals surface area (Å²) in [7, 11) is -0.793. The van der Waals surface area contributed by atoms with Crippen LogP contribution in [-0.2, 0) is 0 Å². The van der Waals surface area contributed by atoms with Gasteiger partial charge >= 0.3 is 0 Å². The third-order valence-electron chi connectivity index (χ3n) is 4.28. The Kier molecular flexibility index (Phi) is 14.2. The number of halogens is 2. The Morgan fingerprint density at radius 2 is 1.26 bits per heavy atom. The average Bonchev–Trinajstić information content (AvgIpc) is 2.55. The van der Waals surface area contributed by atoms with Gasteiger partial charge in [-0.1, -0.05) is 63.4 Å². The molecule has 1 rings (SSSR count). The third-order valence-corrected chi connectivity index (χ3v) is 11.6. The molecule has 0 saturated heterocycles. The highest BCUT2D eigenvalue weighted by molar-refractivity contribution is 8.07. The van der Waals surface area contributed by atoms with E-state index in [4.69, 9.17) is 11.6 Å². The lowest BCUT2D eigenvalue weighted by Crippen LogP contribution is -3.00. The van der Waals surface area contributed by atoms with Crippen molar-refractivity contribution >= 4 is 30.6 Å². The van der Waals surface area contributed by atoms with Crippen LogP contribution in [0.1, 0.15) is 59.3 Å². The fourth-order valence-electron chi connectivity index (χ4n) is 2.75. The number of thioether (sulfide) groups is 1. The van der Waals surface area contributed by atoms with Crippen LogP contribution in [0.2, 0.25) is 5.02 Å². The molecule has 1 aromatic carbocycles. The minimum Gasteiger partial charge on any atom is -1.00 e. The van der Waals surface area contributed by atoms with Crippen LogP contribution < -0.4 is 12.4 Å². The van der Waals surface area contributed by atoms with E-state index in [2.05, 4.69) is 44.7 Å². The molecule has 0 bridgehead atoms. The van der Waals surface area contributed by atoms with Gasteiger partial charge in [0.05, 0.1) is 18.5 Å². The predicted molar refractivity (Wildman–Crippen MR) is 108 cm³/mol. The molecule has 23 heavy (non-hydrogen) atoms. The molecule has 0 atom stereocenters. The summed E-state index contributed by atoms with van der Waals surface area (Å²) in [6.07, 6.45) is 12.8. The second-order valence-electron chi connectivity index (χ2n) is 6.30. The molecule has 0 aliphatic heterocycles. The molecule has 0 nitrogen and oxygen atoms in total. The molecule has 0 aliphatic carbocycles. The zero-order valence-electron chi connectivity index (χ0n) is 15.0. The Bertz CT molecular complexity index is 373. The molecule has 0 aromatic heterocycles. The van der Waals surface area contributed by atoms with E-state index < -0.39 is 7.26 Å². The number of benzene rings is 1. The van der Waals surface area contributed by atoms with Crippen molar-refractivity contribution < 1.29 is 12.4 Å². The van der Waals surface area contributed by atoms with Crippen LogP contribution in [0.5, 0.6) is 0 Å². The molecule has 0 aliphatic rings. The second kappa shape index (κ2) is 13.8. The Labute approximate surface area is 160 Å². The fraction of sp³-hybridized carbons (Fsp3) is 0.684. The van der Waals surface area contributed by atoms with Gasteiger partial charge in [-0.25, -0.2) is 0 Å². The maximum Gasteiger partial charge on any atom is 0.109 e. The van der Waals surface area contributed by atoms with E-state index in [1.165, 1.54) is 67.4 Å². The van der Waals surface area contributed by atoms with Gasteiger partial charge in [-0.3, -0.25) is 0 Å². The summed E-state index contributed by atoms with van der Waals surface area (Å²) in [6, 6.07) is 8.41. The van der Waals surface area contributed by atoms with Crippen molar-refractivity contribution in [3.8, 4) is 0 Å². The summed E-state index contributed by atoms with van der Waals surface area (Å²) >= 11 is 8.08. The molecule has 0 heterocycles. The van der Waals surface area contributed by atoms with Gasteiger partial charge < -0.3 is 12.4 Å². The van der Waals surface area contributed by atoms with Gasteiger partial charge in [-0.05, 0) is 43.5 Å². The first kappa shape index (κ1) is 23.6. The highest BCUT2D eigenvalue weighted by Gasteiger charge is 2.35. The quantitative estimate of drug-likeness (QED) is 0.362. The van der Waals surface area contributed by atoms with Crippen molar-refractivity contribution in [3.63, 3.8) is 0 Å². The lowest BCUT2D eigenvalue weighted by Gasteiger charge is -2.27.